The summed E-state index contributed by atoms with van der Waals surface area (Å²) in [6, 6.07) is 9.76. The Morgan fingerprint density at radius 1 is 1.38 bits per heavy atom. The first kappa shape index (κ1) is 12.7. The van der Waals surface area contributed by atoms with E-state index >= 15 is 0 Å². The largest absolute Gasteiger partial charge is 0.273 e. The van der Waals surface area contributed by atoms with Crippen molar-refractivity contribution in [3.05, 3.63) is 35.9 Å². The summed E-state index contributed by atoms with van der Waals surface area (Å²) < 4.78 is 0. The van der Waals surface area contributed by atoms with Gasteiger partial charge in [-0.15, -0.1) is 0 Å². The van der Waals surface area contributed by atoms with E-state index in [4.69, 9.17) is 4.84 Å². The van der Waals surface area contributed by atoms with Crippen molar-refractivity contribution >= 4 is 5.91 Å². The Morgan fingerprint density at radius 2 is 2.06 bits per heavy atom. The molecule has 0 aliphatic heterocycles. The van der Waals surface area contributed by atoms with Crippen LogP contribution in [0, 0.1) is 5.92 Å². The molecule has 16 heavy (non-hydrogen) atoms. The van der Waals surface area contributed by atoms with Gasteiger partial charge in [0.2, 0.25) is 5.91 Å². The minimum atomic E-state index is -0.0507. The van der Waals surface area contributed by atoms with Crippen LogP contribution < -0.4 is 5.48 Å². The van der Waals surface area contributed by atoms with Crippen LogP contribution in [0.25, 0.3) is 0 Å². The van der Waals surface area contributed by atoms with E-state index < -0.39 is 0 Å². The Hall–Kier alpha value is -1.35. The molecule has 0 fully saturated rings. The van der Waals surface area contributed by atoms with Crippen molar-refractivity contribution in [3.63, 3.8) is 0 Å². The first-order chi connectivity index (χ1) is 7.72. The van der Waals surface area contributed by atoms with Gasteiger partial charge < -0.3 is 0 Å². The van der Waals surface area contributed by atoms with Crippen LogP contribution in [0.5, 0.6) is 0 Å². The van der Waals surface area contributed by atoms with Crippen LogP contribution in [0.15, 0.2) is 30.3 Å². The number of rotatable bonds is 6. The summed E-state index contributed by atoms with van der Waals surface area (Å²) in [5.74, 6) is 0.352. The Balaban J connectivity index is 2.18. The van der Waals surface area contributed by atoms with Crippen molar-refractivity contribution in [2.45, 2.75) is 33.3 Å². The fraction of sp³-hybridized carbons (Fsp3) is 0.462. The van der Waals surface area contributed by atoms with Gasteiger partial charge in [-0.2, -0.15) is 0 Å². The molecule has 1 amide bonds. The summed E-state index contributed by atoms with van der Waals surface area (Å²) in [4.78, 5) is 16.5. The van der Waals surface area contributed by atoms with Gasteiger partial charge in [0.05, 0.1) is 6.61 Å². The Labute approximate surface area is 96.8 Å². The van der Waals surface area contributed by atoms with Crippen LogP contribution in [0.3, 0.4) is 0 Å². The lowest BCUT2D eigenvalue weighted by molar-refractivity contribution is -0.135. The Bertz CT molecular complexity index is 311. The normalized spacial score (nSPS) is 12.1. The third kappa shape index (κ3) is 4.94. The molecule has 0 aliphatic rings. The number of hydroxylamine groups is 1. The van der Waals surface area contributed by atoms with Crippen LogP contribution in [-0.4, -0.2) is 5.91 Å². The molecule has 0 bridgehead atoms. The monoisotopic (exact) mass is 221 g/mol. The van der Waals surface area contributed by atoms with Crippen LogP contribution in [-0.2, 0) is 16.2 Å². The first-order valence-electron chi connectivity index (χ1n) is 5.67. The van der Waals surface area contributed by atoms with E-state index in [2.05, 4.69) is 19.3 Å². The average molecular weight is 221 g/mol. The summed E-state index contributed by atoms with van der Waals surface area (Å²) >= 11 is 0. The lowest BCUT2D eigenvalue weighted by Gasteiger charge is -2.09. The summed E-state index contributed by atoms with van der Waals surface area (Å²) in [5.41, 5.74) is 3.50. The number of nitrogens with one attached hydrogen (secondary N) is 1. The highest BCUT2D eigenvalue weighted by Gasteiger charge is 2.06. The lowest BCUT2D eigenvalue weighted by atomic mass is 10.1. The zero-order valence-corrected chi connectivity index (χ0v) is 9.90. The standard InChI is InChI=1S/C13H19NO2/c1-3-11(2)9-13(15)14-16-10-12-7-5-4-6-8-12/h4-8,11H,3,9-10H2,1-2H3,(H,14,15). The predicted octanol–water partition coefficient (Wildman–Crippen LogP) is 2.67. The fourth-order valence-electron chi connectivity index (χ4n) is 1.28. The zero-order chi connectivity index (χ0) is 11.8. The van der Waals surface area contributed by atoms with Crippen molar-refractivity contribution in [2.75, 3.05) is 0 Å². The molecule has 0 saturated heterocycles. The van der Waals surface area contributed by atoms with E-state index in [0.717, 1.165) is 12.0 Å². The number of hydrogen-bond donors (Lipinski definition) is 1. The third-order valence-electron chi connectivity index (χ3n) is 2.50. The van der Waals surface area contributed by atoms with Crippen LogP contribution in [0.4, 0.5) is 0 Å². The molecule has 0 heterocycles. The molecule has 0 radical (unpaired) electrons. The fourth-order valence-corrected chi connectivity index (χ4v) is 1.28. The molecule has 88 valence electrons. The predicted molar refractivity (Wildman–Crippen MR) is 63.4 cm³/mol. The Kier molecular flexibility index (Phi) is 5.57. The molecule has 3 heteroatoms. The van der Waals surface area contributed by atoms with Crippen LogP contribution in [0.2, 0.25) is 0 Å². The quantitative estimate of drug-likeness (QED) is 0.750. The van der Waals surface area contributed by atoms with Gasteiger partial charge in [0.25, 0.3) is 0 Å². The van der Waals surface area contributed by atoms with E-state index in [1.54, 1.807) is 0 Å². The lowest BCUT2D eigenvalue weighted by Crippen LogP contribution is -2.25. The van der Waals surface area contributed by atoms with Gasteiger partial charge in [-0.05, 0) is 11.5 Å². The highest BCUT2D eigenvalue weighted by Crippen LogP contribution is 2.05. The molecule has 1 rings (SSSR count). The molecule has 1 atom stereocenters. The van der Waals surface area contributed by atoms with Crippen LogP contribution in [0.1, 0.15) is 32.3 Å². The summed E-state index contributed by atoms with van der Waals surface area (Å²) in [6.07, 6.45) is 1.53. The van der Waals surface area contributed by atoms with Crippen molar-refractivity contribution in [2.24, 2.45) is 5.92 Å². The van der Waals surface area contributed by atoms with Gasteiger partial charge in [0.15, 0.2) is 0 Å². The minimum Gasteiger partial charge on any atom is -0.273 e. The maximum absolute atomic E-state index is 11.4. The van der Waals surface area contributed by atoms with Gasteiger partial charge in [-0.1, -0.05) is 50.6 Å². The van der Waals surface area contributed by atoms with E-state index in [1.807, 2.05) is 30.3 Å². The molecule has 0 spiro atoms. The van der Waals surface area contributed by atoms with Crippen molar-refractivity contribution in [1.82, 2.24) is 5.48 Å². The van der Waals surface area contributed by atoms with Crippen molar-refractivity contribution in [1.29, 1.82) is 0 Å². The van der Waals surface area contributed by atoms with E-state index in [-0.39, 0.29) is 5.91 Å². The molecule has 0 aliphatic carbocycles. The number of amides is 1. The highest BCUT2D eigenvalue weighted by atomic mass is 16.6. The molecule has 1 aromatic rings. The second-order valence-electron chi connectivity index (χ2n) is 4.02. The smallest absolute Gasteiger partial charge is 0.243 e. The van der Waals surface area contributed by atoms with Crippen LogP contribution >= 0.6 is 0 Å². The van der Waals surface area contributed by atoms with E-state index in [1.165, 1.54) is 0 Å². The van der Waals surface area contributed by atoms with Gasteiger partial charge in [-0.25, -0.2) is 5.48 Å². The molecule has 1 unspecified atom stereocenters. The number of benzene rings is 1. The second-order valence-corrected chi connectivity index (χ2v) is 4.02. The topological polar surface area (TPSA) is 38.3 Å². The number of carbonyl (C=O) groups is 1. The number of carbonyl (C=O) groups excluding carboxylic acids is 1. The maximum atomic E-state index is 11.4. The van der Waals surface area contributed by atoms with Gasteiger partial charge in [0.1, 0.15) is 0 Å². The van der Waals surface area contributed by atoms with Crippen molar-refractivity contribution < 1.29 is 9.63 Å². The SMILES string of the molecule is CCC(C)CC(=O)NOCc1ccccc1. The molecule has 1 N–H and O–H groups in total. The zero-order valence-electron chi connectivity index (χ0n) is 9.90. The number of hydrogen-bond acceptors (Lipinski definition) is 2. The van der Waals surface area contributed by atoms with E-state index in [9.17, 15) is 4.79 Å². The average Bonchev–Trinajstić information content (AvgIpc) is 2.30. The summed E-state index contributed by atoms with van der Waals surface area (Å²) in [5, 5.41) is 0. The highest BCUT2D eigenvalue weighted by molar-refractivity contribution is 5.74. The minimum absolute atomic E-state index is 0.0507. The van der Waals surface area contributed by atoms with Gasteiger partial charge in [-0.3, -0.25) is 9.63 Å². The molecule has 3 nitrogen and oxygen atoms in total. The summed E-state index contributed by atoms with van der Waals surface area (Å²) in [6.45, 7) is 4.53. The molecular weight excluding hydrogens is 202 g/mol. The first-order valence-corrected chi connectivity index (χ1v) is 5.67. The molecule has 1 aromatic carbocycles. The van der Waals surface area contributed by atoms with Gasteiger partial charge in [0, 0.05) is 6.42 Å². The van der Waals surface area contributed by atoms with Gasteiger partial charge >= 0.3 is 0 Å². The van der Waals surface area contributed by atoms with Crippen molar-refractivity contribution in [3.8, 4) is 0 Å². The van der Waals surface area contributed by atoms with E-state index in [0.29, 0.717) is 18.9 Å². The Morgan fingerprint density at radius 3 is 2.69 bits per heavy atom. The molecule has 0 aromatic heterocycles. The second kappa shape index (κ2) is 7.01. The third-order valence-corrected chi connectivity index (χ3v) is 2.50. The maximum Gasteiger partial charge on any atom is 0.243 e. The molecule has 0 saturated carbocycles. The molecular formula is C13H19NO2. The summed E-state index contributed by atoms with van der Waals surface area (Å²) in [7, 11) is 0.